The number of halogens is 4. The summed E-state index contributed by atoms with van der Waals surface area (Å²) in [5.74, 6) is 0. The summed E-state index contributed by atoms with van der Waals surface area (Å²) in [6, 6.07) is 2.56. The lowest BCUT2D eigenvalue weighted by Gasteiger charge is -2.10. The molecule has 0 N–H and O–H groups in total. The number of nitriles is 1. The van der Waals surface area contributed by atoms with E-state index < -0.39 is 27.9 Å². The van der Waals surface area contributed by atoms with Crippen molar-refractivity contribution in [3.05, 3.63) is 38.9 Å². The molecule has 0 aliphatic rings. The van der Waals surface area contributed by atoms with Crippen LogP contribution in [0.25, 0.3) is 0 Å². The summed E-state index contributed by atoms with van der Waals surface area (Å²) >= 11 is 2.87. The van der Waals surface area contributed by atoms with Crippen LogP contribution in [0, 0.1) is 21.4 Å². The molecule has 0 radical (unpaired) electrons. The predicted octanol–water partition coefficient (Wildman–Crippen LogP) is 3.38. The fraction of sp³-hybridized carbons (Fsp3) is 0.222. The molecule has 0 atom stereocenters. The van der Waals surface area contributed by atoms with Crippen LogP contribution in [0.5, 0.6) is 0 Å². The van der Waals surface area contributed by atoms with E-state index >= 15 is 0 Å². The molecule has 8 heteroatoms. The highest BCUT2D eigenvalue weighted by Gasteiger charge is 2.35. The molecule has 1 aromatic carbocycles. The number of alkyl halides is 4. The second kappa shape index (κ2) is 4.71. The van der Waals surface area contributed by atoms with Gasteiger partial charge in [0.05, 0.1) is 16.1 Å². The molecule has 0 saturated carbocycles. The van der Waals surface area contributed by atoms with Crippen molar-refractivity contribution in [3.8, 4) is 6.07 Å². The van der Waals surface area contributed by atoms with E-state index in [4.69, 9.17) is 5.26 Å². The Morgan fingerprint density at radius 1 is 1.47 bits per heavy atom. The van der Waals surface area contributed by atoms with Crippen molar-refractivity contribution in [2.45, 2.75) is 11.5 Å². The van der Waals surface area contributed by atoms with Gasteiger partial charge in [0.1, 0.15) is 6.07 Å². The highest BCUT2D eigenvalue weighted by atomic mass is 79.9. The van der Waals surface area contributed by atoms with E-state index in [2.05, 4.69) is 15.9 Å². The van der Waals surface area contributed by atoms with Crippen molar-refractivity contribution >= 4 is 21.6 Å². The normalized spacial score (nSPS) is 11.0. The van der Waals surface area contributed by atoms with Gasteiger partial charge in [-0.05, 0) is 6.07 Å². The van der Waals surface area contributed by atoms with Gasteiger partial charge in [0.25, 0.3) is 5.69 Å². The minimum absolute atomic E-state index is 0.0991. The number of nitro groups is 1. The molecular formula is C9H4BrF3N2O2. The largest absolute Gasteiger partial charge is 0.417 e. The molecule has 90 valence electrons. The second-order valence-corrected chi connectivity index (χ2v) is 3.59. The van der Waals surface area contributed by atoms with Crippen molar-refractivity contribution in [2.75, 3.05) is 0 Å². The van der Waals surface area contributed by atoms with Crippen LogP contribution in [0.15, 0.2) is 12.1 Å². The fourth-order valence-corrected chi connectivity index (χ4v) is 1.69. The van der Waals surface area contributed by atoms with Gasteiger partial charge in [-0.3, -0.25) is 10.1 Å². The van der Waals surface area contributed by atoms with Crippen molar-refractivity contribution in [3.63, 3.8) is 0 Å². The molecule has 1 rings (SSSR count). The lowest BCUT2D eigenvalue weighted by molar-refractivity contribution is -0.385. The van der Waals surface area contributed by atoms with E-state index in [1.165, 1.54) is 6.07 Å². The van der Waals surface area contributed by atoms with Crippen LogP contribution in [0.3, 0.4) is 0 Å². The number of hydrogen-bond donors (Lipinski definition) is 0. The quantitative estimate of drug-likeness (QED) is 0.478. The minimum atomic E-state index is -4.71. The minimum Gasteiger partial charge on any atom is -0.258 e. The monoisotopic (exact) mass is 308 g/mol. The molecule has 0 saturated heterocycles. The topological polar surface area (TPSA) is 66.9 Å². The first-order chi connectivity index (χ1) is 7.81. The lowest BCUT2D eigenvalue weighted by atomic mass is 10.0. The first kappa shape index (κ1) is 13.4. The number of nitro benzene ring substituents is 1. The van der Waals surface area contributed by atoms with Gasteiger partial charge < -0.3 is 0 Å². The summed E-state index contributed by atoms with van der Waals surface area (Å²) in [5, 5.41) is 19.1. The summed E-state index contributed by atoms with van der Waals surface area (Å²) in [5.41, 5.74) is -2.55. The molecule has 0 aliphatic carbocycles. The zero-order chi connectivity index (χ0) is 13.2. The van der Waals surface area contributed by atoms with Crippen LogP contribution in [0.2, 0.25) is 0 Å². The van der Waals surface area contributed by atoms with E-state index in [1.807, 2.05) is 0 Å². The summed E-state index contributed by atoms with van der Waals surface area (Å²) in [7, 11) is 0. The standard InChI is InChI=1S/C9H4BrF3N2O2/c10-3-5-1-7(9(11,12)13)6(4-14)2-8(5)15(16)17/h1-2H,3H2. The van der Waals surface area contributed by atoms with E-state index in [0.717, 1.165) is 0 Å². The highest BCUT2D eigenvalue weighted by Crippen LogP contribution is 2.36. The Labute approximate surface area is 102 Å². The Kier molecular flexibility index (Phi) is 3.72. The second-order valence-electron chi connectivity index (χ2n) is 3.03. The lowest BCUT2D eigenvalue weighted by Crippen LogP contribution is -2.09. The van der Waals surface area contributed by atoms with Crippen molar-refractivity contribution in [2.24, 2.45) is 0 Å². The predicted molar refractivity (Wildman–Crippen MR) is 55.4 cm³/mol. The van der Waals surface area contributed by atoms with Crippen LogP contribution < -0.4 is 0 Å². The van der Waals surface area contributed by atoms with Crippen molar-refractivity contribution < 1.29 is 18.1 Å². The Morgan fingerprint density at radius 3 is 2.41 bits per heavy atom. The molecule has 0 aromatic heterocycles. The van der Waals surface area contributed by atoms with Gasteiger partial charge in [-0.2, -0.15) is 18.4 Å². The third-order valence-corrected chi connectivity index (χ3v) is 2.59. The van der Waals surface area contributed by atoms with Crippen LogP contribution in [0.1, 0.15) is 16.7 Å². The maximum absolute atomic E-state index is 12.5. The van der Waals surface area contributed by atoms with Gasteiger partial charge in [-0.15, -0.1) is 0 Å². The number of benzene rings is 1. The number of hydrogen-bond acceptors (Lipinski definition) is 3. The maximum atomic E-state index is 12.5. The first-order valence-corrected chi connectivity index (χ1v) is 5.28. The molecule has 0 bridgehead atoms. The molecule has 0 aliphatic heterocycles. The Morgan fingerprint density at radius 2 is 2.06 bits per heavy atom. The van der Waals surface area contributed by atoms with Gasteiger partial charge in [0, 0.05) is 17.0 Å². The molecule has 4 nitrogen and oxygen atoms in total. The van der Waals surface area contributed by atoms with Gasteiger partial charge in [0.15, 0.2) is 0 Å². The third kappa shape index (κ3) is 2.74. The summed E-state index contributed by atoms with van der Waals surface area (Å²) < 4.78 is 37.6. The molecule has 0 fully saturated rings. The van der Waals surface area contributed by atoms with E-state index in [-0.39, 0.29) is 10.9 Å². The SMILES string of the molecule is N#Cc1cc([N+](=O)[O-])c(CBr)cc1C(F)(F)F. The Balaban J connectivity index is 3.56. The first-order valence-electron chi connectivity index (χ1n) is 4.15. The van der Waals surface area contributed by atoms with Crippen LogP contribution in [-0.4, -0.2) is 4.92 Å². The van der Waals surface area contributed by atoms with Crippen LogP contribution >= 0.6 is 15.9 Å². The Bertz CT molecular complexity index is 508. The maximum Gasteiger partial charge on any atom is 0.417 e. The van der Waals surface area contributed by atoms with Crippen molar-refractivity contribution in [1.82, 2.24) is 0 Å². The molecule has 0 amide bonds. The van der Waals surface area contributed by atoms with Crippen molar-refractivity contribution in [1.29, 1.82) is 5.26 Å². The third-order valence-electron chi connectivity index (χ3n) is 1.99. The van der Waals surface area contributed by atoms with E-state index in [0.29, 0.717) is 12.1 Å². The summed E-state index contributed by atoms with van der Waals surface area (Å²) in [6.45, 7) is 0. The number of nitrogens with zero attached hydrogens (tertiary/aromatic N) is 2. The van der Waals surface area contributed by atoms with Gasteiger partial charge in [0.2, 0.25) is 0 Å². The van der Waals surface area contributed by atoms with E-state index in [1.54, 1.807) is 0 Å². The summed E-state index contributed by atoms with van der Waals surface area (Å²) in [4.78, 5) is 9.78. The zero-order valence-corrected chi connectivity index (χ0v) is 9.67. The zero-order valence-electron chi connectivity index (χ0n) is 8.08. The molecule has 1 aromatic rings. The molecular weight excluding hydrogens is 305 g/mol. The highest BCUT2D eigenvalue weighted by molar-refractivity contribution is 9.08. The molecule has 17 heavy (non-hydrogen) atoms. The smallest absolute Gasteiger partial charge is 0.258 e. The van der Waals surface area contributed by atoms with Gasteiger partial charge in [-0.25, -0.2) is 0 Å². The van der Waals surface area contributed by atoms with Gasteiger partial charge in [-0.1, -0.05) is 15.9 Å². The molecule has 0 spiro atoms. The van der Waals surface area contributed by atoms with Crippen LogP contribution in [0.4, 0.5) is 18.9 Å². The average Bonchev–Trinajstić information content (AvgIpc) is 2.25. The van der Waals surface area contributed by atoms with E-state index in [9.17, 15) is 23.3 Å². The van der Waals surface area contributed by atoms with Gasteiger partial charge >= 0.3 is 6.18 Å². The fourth-order valence-electron chi connectivity index (χ4n) is 1.24. The summed E-state index contributed by atoms with van der Waals surface area (Å²) in [6.07, 6.45) is -4.71. The number of rotatable bonds is 2. The average molecular weight is 309 g/mol. The Hall–Kier alpha value is -1.62. The molecule has 0 unspecified atom stereocenters. The van der Waals surface area contributed by atoms with Crippen LogP contribution in [-0.2, 0) is 11.5 Å². The molecule has 0 heterocycles.